The molecule has 1 fully saturated rings. The maximum atomic E-state index is 10.5. The Morgan fingerprint density at radius 1 is 1.53 bits per heavy atom. The van der Waals surface area contributed by atoms with Gasteiger partial charge >= 0.3 is 0 Å². The first kappa shape index (κ1) is 12.2. The number of hydrogen-bond donors (Lipinski definition) is 1. The number of nitrogens with zero attached hydrogens (tertiary/aromatic N) is 1. The minimum Gasteiger partial charge on any atom is -0.310 e. The quantitative estimate of drug-likeness (QED) is 0.647. The zero-order chi connectivity index (χ0) is 10.1. The Morgan fingerprint density at radius 2 is 2.20 bits per heavy atom. The van der Waals surface area contributed by atoms with Gasteiger partial charge in [0.15, 0.2) is 0 Å². The molecule has 1 saturated heterocycles. The number of rotatable bonds is 2. The van der Waals surface area contributed by atoms with Gasteiger partial charge in [-0.3, -0.25) is 10.1 Å². The van der Waals surface area contributed by atoms with Gasteiger partial charge in [0, 0.05) is 23.2 Å². The van der Waals surface area contributed by atoms with Crippen molar-refractivity contribution in [1.29, 1.82) is 0 Å². The van der Waals surface area contributed by atoms with Crippen LogP contribution in [-0.2, 0) is 0 Å². The number of nitro benzene ring substituents is 1. The van der Waals surface area contributed by atoms with Crippen molar-refractivity contribution in [2.24, 2.45) is 0 Å². The molecule has 4 nitrogen and oxygen atoms in total. The molecule has 0 radical (unpaired) electrons. The Balaban J connectivity index is 0.00000112. The van der Waals surface area contributed by atoms with Crippen molar-refractivity contribution in [1.82, 2.24) is 5.32 Å². The van der Waals surface area contributed by atoms with Gasteiger partial charge in [0.05, 0.1) is 4.92 Å². The van der Waals surface area contributed by atoms with E-state index in [0.29, 0.717) is 5.02 Å². The van der Waals surface area contributed by atoms with Crippen LogP contribution in [0.25, 0.3) is 0 Å². The average molecular weight is 249 g/mol. The highest BCUT2D eigenvalue weighted by Gasteiger charge is 2.22. The molecule has 0 aliphatic carbocycles. The molecule has 1 N–H and O–H groups in total. The minimum atomic E-state index is -0.404. The van der Waals surface area contributed by atoms with Crippen molar-refractivity contribution in [2.75, 3.05) is 6.54 Å². The standard InChI is InChI=1S/C9H9ClN2O2.ClH/c10-8-2-1-6(12(13)14)5-7(8)9-3-4-11-9;/h1-2,5,9,11H,3-4H2;1H/t9-;/m0./s1. The summed E-state index contributed by atoms with van der Waals surface area (Å²) in [5.74, 6) is 0. The van der Waals surface area contributed by atoms with E-state index in [1.165, 1.54) is 6.07 Å². The smallest absolute Gasteiger partial charge is 0.269 e. The molecular formula is C9H10Cl2N2O2. The highest BCUT2D eigenvalue weighted by molar-refractivity contribution is 6.31. The topological polar surface area (TPSA) is 55.2 Å². The molecule has 1 aromatic rings. The lowest BCUT2D eigenvalue weighted by molar-refractivity contribution is -0.384. The number of non-ortho nitro benzene ring substituents is 1. The largest absolute Gasteiger partial charge is 0.310 e. The van der Waals surface area contributed by atoms with Gasteiger partial charge in [0.2, 0.25) is 0 Å². The maximum Gasteiger partial charge on any atom is 0.269 e. The molecule has 0 amide bonds. The summed E-state index contributed by atoms with van der Waals surface area (Å²) < 4.78 is 0. The highest BCUT2D eigenvalue weighted by atomic mass is 35.5. The Bertz CT molecular complexity index is 380. The van der Waals surface area contributed by atoms with Crippen molar-refractivity contribution >= 4 is 29.7 Å². The van der Waals surface area contributed by atoms with Gasteiger partial charge in [0.25, 0.3) is 5.69 Å². The van der Waals surface area contributed by atoms with E-state index in [1.54, 1.807) is 12.1 Å². The average Bonchev–Trinajstić information content (AvgIpc) is 2.05. The van der Waals surface area contributed by atoms with Crippen LogP contribution in [-0.4, -0.2) is 11.5 Å². The Hall–Kier alpha value is -0.840. The zero-order valence-corrected chi connectivity index (χ0v) is 9.35. The zero-order valence-electron chi connectivity index (χ0n) is 7.77. The van der Waals surface area contributed by atoms with E-state index < -0.39 is 4.92 Å². The fraction of sp³-hybridized carbons (Fsp3) is 0.333. The lowest BCUT2D eigenvalue weighted by Crippen LogP contribution is -2.35. The van der Waals surface area contributed by atoms with Gasteiger partial charge in [-0.25, -0.2) is 0 Å². The number of halogens is 2. The molecule has 1 heterocycles. The summed E-state index contributed by atoms with van der Waals surface area (Å²) in [7, 11) is 0. The first-order valence-corrected chi connectivity index (χ1v) is 4.73. The highest BCUT2D eigenvalue weighted by Crippen LogP contribution is 2.31. The Labute approximate surface area is 98.2 Å². The molecule has 6 heteroatoms. The van der Waals surface area contributed by atoms with Crippen molar-refractivity contribution in [3.05, 3.63) is 38.9 Å². The third-order valence-corrected chi connectivity index (χ3v) is 2.73. The van der Waals surface area contributed by atoms with Gasteiger partial charge in [-0.05, 0) is 24.6 Å². The summed E-state index contributed by atoms with van der Waals surface area (Å²) in [6.07, 6.45) is 0.987. The summed E-state index contributed by atoms with van der Waals surface area (Å²) in [6.45, 7) is 0.948. The maximum absolute atomic E-state index is 10.5. The van der Waals surface area contributed by atoms with E-state index in [0.717, 1.165) is 18.5 Å². The predicted molar refractivity (Wildman–Crippen MR) is 60.7 cm³/mol. The third kappa shape index (κ3) is 2.40. The van der Waals surface area contributed by atoms with E-state index in [4.69, 9.17) is 11.6 Å². The van der Waals surface area contributed by atoms with E-state index in [2.05, 4.69) is 5.32 Å². The number of hydrogen-bond acceptors (Lipinski definition) is 3. The third-order valence-electron chi connectivity index (χ3n) is 2.39. The molecule has 1 aliphatic rings. The molecule has 0 unspecified atom stereocenters. The predicted octanol–water partition coefficient (Wildman–Crippen LogP) is 2.70. The Morgan fingerprint density at radius 3 is 2.67 bits per heavy atom. The van der Waals surface area contributed by atoms with Crippen LogP contribution in [0.1, 0.15) is 18.0 Å². The van der Waals surface area contributed by atoms with Crippen LogP contribution in [0.2, 0.25) is 5.02 Å². The Kier molecular flexibility index (Phi) is 3.90. The van der Waals surface area contributed by atoms with E-state index in [9.17, 15) is 10.1 Å². The van der Waals surface area contributed by atoms with Crippen LogP contribution in [0.3, 0.4) is 0 Å². The lowest BCUT2D eigenvalue weighted by atomic mass is 9.97. The normalized spacial score (nSPS) is 18.9. The molecule has 0 spiro atoms. The number of nitrogens with one attached hydrogen (secondary N) is 1. The molecule has 0 saturated carbocycles. The molecule has 1 aliphatic heterocycles. The van der Waals surface area contributed by atoms with Crippen molar-refractivity contribution in [3.8, 4) is 0 Å². The molecule has 82 valence electrons. The van der Waals surface area contributed by atoms with Gasteiger partial charge in [0.1, 0.15) is 0 Å². The van der Waals surface area contributed by atoms with Crippen LogP contribution in [0.5, 0.6) is 0 Å². The van der Waals surface area contributed by atoms with E-state index in [-0.39, 0.29) is 24.1 Å². The van der Waals surface area contributed by atoms with E-state index >= 15 is 0 Å². The summed E-state index contributed by atoms with van der Waals surface area (Å²) in [6, 6.07) is 4.72. The molecule has 15 heavy (non-hydrogen) atoms. The summed E-state index contributed by atoms with van der Waals surface area (Å²) >= 11 is 5.95. The molecule has 2 rings (SSSR count). The monoisotopic (exact) mass is 248 g/mol. The summed E-state index contributed by atoms with van der Waals surface area (Å²) in [5.41, 5.74) is 0.921. The van der Waals surface area contributed by atoms with Gasteiger partial charge in [-0.2, -0.15) is 0 Å². The van der Waals surface area contributed by atoms with Crippen LogP contribution in [0.15, 0.2) is 18.2 Å². The minimum absolute atomic E-state index is 0. The molecule has 1 aromatic carbocycles. The van der Waals surface area contributed by atoms with Gasteiger partial charge in [-0.1, -0.05) is 11.6 Å². The van der Waals surface area contributed by atoms with Crippen LogP contribution in [0.4, 0.5) is 5.69 Å². The molecule has 0 aromatic heterocycles. The second kappa shape index (κ2) is 4.79. The molecule has 0 bridgehead atoms. The summed E-state index contributed by atoms with van der Waals surface area (Å²) in [4.78, 5) is 10.1. The summed E-state index contributed by atoms with van der Waals surface area (Å²) in [5, 5.41) is 14.3. The van der Waals surface area contributed by atoms with Gasteiger partial charge in [-0.15, -0.1) is 12.4 Å². The number of nitro groups is 1. The molecular weight excluding hydrogens is 239 g/mol. The van der Waals surface area contributed by atoms with Crippen molar-refractivity contribution in [3.63, 3.8) is 0 Å². The van der Waals surface area contributed by atoms with Crippen LogP contribution >= 0.6 is 24.0 Å². The van der Waals surface area contributed by atoms with E-state index in [1.807, 2.05) is 0 Å². The fourth-order valence-electron chi connectivity index (χ4n) is 1.47. The van der Waals surface area contributed by atoms with Crippen LogP contribution in [0, 0.1) is 10.1 Å². The van der Waals surface area contributed by atoms with Crippen molar-refractivity contribution in [2.45, 2.75) is 12.5 Å². The fourth-order valence-corrected chi connectivity index (χ4v) is 1.72. The number of benzene rings is 1. The van der Waals surface area contributed by atoms with Crippen molar-refractivity contribution < 1.29 is 4.92 Å². The van der Waals surface area contributed by atoms with Crippen LogP contribution < -0.4 is 5.32 Å². The first-order valence-electron chi connectivity index (χ1n) is 4.35. The second-order valence-electron chi connectivity index (χ2n) is 3.26. The first-order chi connectivity index (χ1) is 6.68. The lowest BCUT2D eigenvalue weighted by Gasteiger charge is -2.28. The van der Waals surface area contributed by atoms with Gasteiger partial charge < -0.3 is 5.32 Å². The molecule has 1 atom stereocenters. The SMILES string of the molecule is Cl.O=[N+]([O-])c1ccc(Cl)c([C@@H]2CCN2)c1. The second-order valence-corrected chi connectivity index (χ2v) is 3.67.